The zero-order valence-corrected chi connectivity index (χ0v) is 3.82. The molecule has 0 radical (unpaired) electrons. The van der Waals surface area contributed by atoms with E-state index in [2.05, 4.69) is 0 Å². The fraction of sp³-hybridized carbons (Fsp3) is 1.00. The van der Waals surface area contributed by atoms with Gasteiger partial charge in [0.1, 0.15) is 6.17 Å². The van der Waals surface area contributed by atoms with E-state index >= 15 is 0 Å². The Hall–Kier alpha value is -0.220. The number of halogens is 2. The zero-order valence-electron chi connectivity index (χ0n) is 3.82. The Morgan fingerprint density at radius 3 is 2.43 bits per heavy atom. The Morgan fingerprint density at radius 2 is 2.29 bits per heavy atom. The maximum atomic E-state index is 11.7. The van der Waals surface area contributed by atoms with Gasteiger partial charge in [-0.3, -0.25) is 0 Å². The van der Waals surface area contributed by atoms with Gasteiger partial charge in [-0.25, -0.2) is 4.39 Å². The van der Waals surface area contributed by atoms with Gasteiger partial charge in [0, 0.05) is 6.54 Å². The van der Waals surface area contributed by atoms with Crippen molar-refractivity contribution in [3.05, 3.63) is 0 Å². The largest absolute Gasteiger partial charge is 0.328 e. The van der Waals surface area contributed by atoms with Crippen LogP contribution in [0.1, 0.15) is 0 Å². The summed E-state index contributed by atoms with van der Waals surface area (Å²) in [6, 6.07) is 0. The topological polar surface area (TPSA) is 38.0 Å². The van der Waals surface area contributed by atoms with Crippen molar-refractivity contribution < 1.29 is 8.87 Å². The quantitative estimate of drug-likeness (QED) is 0.492. The molecular weight excluding hydrogens is 102 g/mol. The van der Waals surface area contributed by atoms with Gasteiger partial charge in [0.2, 0.25) is 0 Å². The molecule has 0 saturated heterocycles. The summed E-state index contributed by atoms with van der Waals surface area (Å²) in [6.45, 7) is -0.437. The maximum absolute atomic E-state index is 11.7. The van der Waals surface area contributed by atoms with Gasteiger partial charge in [0.05, 0.1) is 6.54 Å². The number of rotatable bonds is 3. The number of hydrogen-bond donors (Lipinski definition) is 2. The second-order valence-electron chi connectivity index (χ2n) is 1.17. The van der Waals surface area contributed by atoms with Crippen LogP contribution < -0.4 is 11.3 Å². The highest BCUT2D eigenvalue weighted by Gasteiger charge is 1.99. The van der Waals surface area contributed by atoms with E-state index in [1.807, 2.05) is 0 Å². The smallest absolute Gasteiger partial charge is 0.127 e. The predicted molar refractivity (Wildman–Crippen MR) is 23.1 cm³/mol. The van der Waals surface area contributed by atoms with Crippen molar-refractivity contribution in [1.82, 2.24) is 5.54 Å². The minimum atomic E-state index is -1.26. The summed E-state index contributed by atoms with van der Waals surface area (Å²) in [5, 5.41) is 0. The molecule has 0 heterocycles. The highest BCUT2D eigenvalue weighted by atomic mass is 19.2. The zero-order chi connectivity index (χ0) is 5.70. The minimum Gasteiger partial charge on any atom is -0.328 e. The third-order valence-corrected chi connectivity index (χ3v) is 0.554. The van der Waals surface area contributed by atoms with Crippen molar-refractivity contribution in [2.45, 2.75) is 6.17 Å². The number of nitrogens with two attached hydrogens (primary N) is 1. The molecule has 0 amide bonds. The van der Waals surface area contributed by atoms with Crippen molar-refractivity contribution in [3.8, 4) is 0 Å². The molecule has 7 heavy (non-hydrogen) atoms. The van der Waals surface area contributed by atoms with Crippen molar-refractivity contribution in [2.75, 3.05) is 13.1 Å². The van der Waals surface area contributed by atoms with Crippen LogP contribution in [-0.2, 0) is 0 Å². The second-order valence-corrected chi connectivity index (χ2v) is 1.17. The van der Waals surface area contributed by atoms with Gasteiger partial charge in [-0.05, 0) is 0 Å². The van der Waals surface area contributed by atoms with Crippen LogP contribution in [0.2, 0.25) is 0 Å². The second kappa shape index (κ2) is 3.95. The van der Waals surface area contributed by atoms with Gasteiger partial charge in [0.15, 0.2) is 0 Å². The molecule has 0 bridgehead atoms. The highest BCUT2D eigenvalue weighted by Crippen LogP contribution is 1.81. The lowest BCUT2D eigenvalue weighted by atomic mass is 10.4. The van der Waals surface area contributed by atoms with Crippen LogP contribution >= 0.6 is 0 Å². The lowest BCUT2D eigenvalue weighted by Gasteiger charge is -1.97. The monoisotopic (exact) mass is 110 g/mol. The molecule has 0 spiro atoms. The molecule has 1 atom stereocenters. The molecule has 0 aliphatic carbocycles. The minimum absolute atomic E-state index is 0.128. The van der Waals surface area contributed by atoms with E-state index in [-0.39, 0.29) is 13.1 Å². The molecule has 1 unspecified atom stereocenters. The lowest BCUT2D eigenvalue weighted by molar-refractivity contribution is 0.246. The van der Waals surface area contributed by atoms with Gasteiger partial charge in [0.25, 0.3) is 0 Å². The van der Waals surface area contributed by atoms with Gasteiger partial charge >= 0.3 is 0 Å². The normalized spacial score (nSPS) is 14.1. The molecule has 2 nitrogen and oxygen atoms in total. The Kier molecular flexibility index (Phi) is 3.83. The lowest BCUT2D eigenvalue weighted by Crippen LogP contribution is -2.24. The summed E-state index contributed by atoms with van der Waals surface area (Å²) < 4.78 is 22.6. The average molecular weight is 110 g/mol. The van der Waals surface area contributed by atoms with E-state index in [9.17, 15) is 8.87 Å². The van der Waals surface area contributed by atoms with Crippen LogP contribution in [0.3, 0.4) is 0 Å². The van der Waals surface area contributed by atoms with E-state index in [1.165, 1.54) is 0 Å². The van der Waals surface area contributed by atoms with Gasteiger partial charge in [-0.15, -0.1) is 4.48 Å². The number of alkyl halides is 1. The van der Waals surface area contributed by atoms with Crippen molar-refractivity contribution in [1.29, 1.82) is 0 Å². The molecule has 0 fully saturated rings. The maximum Gasteiger partial charge on any atom is 0.127 e. The first-order chi connectivity index (χ1) is 3.31. The van der Waals surface area contributed by atoms with E-state index in [4.69, 9.17) is 5.73 Å². The Balaban J connectivity index is 2.83. The van der Waals surface area contributed by atoms with E-state index in [1.54, 1.807) is 0 Å². The first kappa shape index (κ1) is 6.78. The molecule has 0 aliphatic heterocycles. The fourth-order valence-electron chi connectivity index (χ4n) is 0.167. The Labute approximate surface area is 40.6 Å². The SMILES string of the molecule is NCC(F)CNF. The first-order valence-corrected chi connectivity index (χ1v) is 1.99. The molecular formula is C3H8F2N2. The van der Waals surface area contributed by atoms with Crippen LogP contribution in [0.4, 0.5) is 8.87 Å². The van der Waals surface area contributed by atoms with Gasteiger partial charge < -0.3 is 5.73 Å². The predicted octanol–water partition coefficient (Wildman–Crippen LogP) is -0.243. The average Bonchev–Trinajstić information content (AvgIpc) is 1.68. The molecule has 3 N–H and O–H groups in total. The van der Waals surface area contributed by atoms with Crippen LogP contribution in [0.15, 0.2) is 0 Å². The standard InChI is InChI=1S/C3H8F2N2/c4-3(1-6)2-7-5/h3,7H,1-2,6H2. The van der Waals surface area contributed by atoms with Crippen LogP contribution in [-0.4, -0.2) is 19.3 Å². The first-order valence-electron chi connectivity index (χ1n) is 1.99. The highest BCUT2D eigenvalue weighted by molar-refractivity contribution is 4.54. The molecule has 0 aliphatic rings. The van der Waals surface area contributed by atoms with Crippen LogP contribution in [0, 0.1) is 0 Å². The summed E-state index contributed by atoms with van der Waals surface area (Å²) in [5.74, 6) is 0. The molecule has 0 aromatic carbocycles. The van der Waals surface area contributed by atoms with Crippen molar-refractivity contribution in [3.63, 3.8) is 0 Å². The van der Waals surface area contributed by atoms with Gasteiger partial charge in [-0.1, -0.05) is 0 Å². The van der Waals surface area contributed by atoms with Crippen LogP contribution in [0.5, 0.6) is 0 Å². The summed E-state index contributed by atoms with van der Waals surface area (Å²) in [7, 11) is 0. The number of nitrogens with one attached hydrogen (secondary N) is 1. The van der Waals surface area contributed by atoms with E-state index in [0.717, 1.165) is 5.54 Å². The molecule has 0 aromatic rings. The molecule has 44 valence electrons. The molecule has 0 rings (SSSR count). The van der Waals surface area contributed by atoms with Crippen molar-refractivity contribution in [2.24, 2.45) is 5.73 Å². The van der Waals surface area contributed by atoms with Crippen molar-refractivity contribution >= 4 is 0 Å². The summed E-state index contributed by atoms with van der Waals surface area (Å²) >= 11 is 0. The molecule has 0 saturated carbocycles. The summed E-state index contributed by atoms with van der Waals surface area (Å²) in [4.78, 5) is 0. The van der Waals surface area contributed by atoms with E-state index in [0.29, 0.717) is 0 Å². The summed E-state index contributed by atoms with van der Waals surface area (Å²) in [6.07, 6.45) is -1.26. The van der Waals surface area contributed by atoms with E-state index < -0.39 is 6.17 Å². The third kappa shape index (κ3) is 3.61. The van der Waals surface area contributed by atoms with Gasteiger partial charge in [-0.2, -0.15) is 5.54 Å². The Bertz CT molecular complexity index is 41.9. The third-order valence-electron chi connectivity index (χ3n) is 0.554. The number of hydrogen-bond acceptors (Lipinski definition) is 2. The fourth-order valence-corrected chi connectivity index (χ4v) is 0.167. The molecule has 4 heteroatoms. The summed E-state index contributed by atoms with van der Waals surface area (Å²) in [5.41, 5.74) is 5.94. The van der Waals surface area contributed by atoms with Crippen LogP contribution in [0.25, 0.3) is 0 Å². The Morgan fingerprint density at radius 1 is 1.71 bits per heavy atom. The molecule has 0 aromatic heterocycles.